The number of benzene rings is 2. The molecule has 0 radical (unpaired) electrons. The van der Waals surface area contributed by atoms with E-state index in [1.54, 1.807) is 12.1 Å². The fraction of sp³-hybridized carbons (Fsp3) is 0.474. The summed E-state index contributed by atoms with van der Waals surface area (Å²) in [4.78, 5) is 55.4. The lowest BCUT2D eigenvalue weighted by atomic mass is 10.1. The van der Waals surface area contributed by atoms with E-state index in [1.807, 2.05) is 38.1 Å². The largest absolute Gasteiger partial charge is 0.490 e. The zero-order chi connectivity index (χ0) is 35.4. The molecule has 12 heteroatoms. The van der Waals surface area contributed by atoms with E-state index in [0.29, 0.717) is 46.3 Å². The average molecular weight is 687 g/mol. The molecule has 2 aliphatic rings. The molecule has 0 saturated carbocycles. The minimum absolute atomic E-state index is 0.0578. The van der Waals surface area contributed by atoms with Gasteiger partial charge in [-0.2, -0.15) is 0 Å². The van der Waals surface area contributed by atoms with Crippen LogP contribution in [0.5, 0.6) is 11.5 Å². The molecular formula is C38H46N4O8. The number of anilines is 2. The lowest BCUT2D eigenvalue weighted by Gasteiger charge is -2.29. The molecule has 0 unspecified atom stereocenters. The average Bonchev–Trinajstić information content (AvgIpc) is 3.09. The van der Waals surface area contributed by atoms with E-state index < -0.39 is 11.3 Å². The summed E-state index contributed by atoms with van der Waals surface area (Å²) in [7, 11) is 4.19. The highest BCUT2D eigenvalue weighted by Crippen LogP contribution is 2.31. The van der Waals surface area contributed by atoms with Crippen molar-refractivity contribution < 1.29 is 27.9 Å². The molecule has 0 aliphatic carbocycles. The molecule has 4 heterocycles. The van der Waals surface area contributed by atoms with Crippen LogP contribution in [0, 0.1) is 13.8 Å². The maximum atomic E-state index is 12.8. The highest BCUT2D eigenvalue weighted by atomic mass is 16.5. The molecule has 2 aliphatic heterocycles. The molecule has 12 nitrogen and oxygen atoms in total. The van der Waals surface area contributed by atoms with Gasteiger partial charge in [0.2, 0.25) is 11.8 Å². The van der Waals surface area contributed by atoms with E-state index in [0.717, 1.165) is 63.0 Å². The maximum Gasteiger partial charge on any atom is 0.360 e. The highest BCUT2D eigenvalue weighted by molar-refractivity contribution is 5.94. The number of fused-ring (bicyclic) bond motifs is 2. The summed E-state index contributed by atoms with van der Waals surface area (Å²) >= 11 is 0. The zero-order valence-electron chi connectivity index (χ0n) is 29.3. The molecule has 2 N–H and O–H groups in total. The third kappa shape index (κ3) is 8.36. The second-order valence-corrected chi connectivity index (χ2v) is 13.7. The van der Waals surface area contributed by atoms with Gasteiger partial charge in [0.25, 0.3) is 0 Å². The van der Waals surface area contributed by atoms with E-state index in [1.165, 1.54) is 0 Å². The summed E-state index contributed by atoms with van der Waals surface area (Å²) < 4.78 is 23.7. The van der Waals surface area contributed by atoms with Crippen LogP contribution in [0.25, 0.3) is 21.9 Å². The fourth-order valence-electron chi connectivity index (χ4n) is 6.60. The molecule has 2 amide bonds. The van der Waals surface area contributed by atoms with E-state index >= 15 is 0 Å². The second kappa shape index (κ2) is 15.5. The summed E-state index contributed by atoms with van der Waals surface area (Å²) in [5.41, 5.74) is 1.18. The number of carbonyl (C=O) groups is 2. The van der Waals surface area contributed by atoms with Crippen molar-refractivity contribution in [1.29, 1.82) is 0 Å². The first-order valence-corrected chi connectivity index (χ1v) is 17.5. The number of ether oxygens (including phenoxy) is 2. The minimum Gasteiger partial charge on any atom is -0.490 e. The number of nitrogens with zero attached hydrogens (tertiary/aromatic N) is 2. The monoisotopic (exact) mass is 686 g/mol. The summed E-state index contributed by atoms with van der Waals surface area (Å²) in [5.74, 6) is 0.659. The van der Waals surface area contributed by atoms with Crippen LogP contribution >= 0.6 is 0 Å². The van der Waals surface area contributed by atoms with E-state index in [-0.39, 0.29) is 48.2 Å². The smallest absolute Gasteiger partial charge is 0.360 e. The standard InChI is InChI=1S/C38H46N4O8/c1-23-31(47-27-13-17-41(3)18-14-27)11-9-25-21-29(37(45)49-35(23)25)39-33(43)7-5-6-8-34(44)40-30-22-26-10-12-32(24(2)36(26)50-38(30)46)48-28-15-19-42(4)20-16-28/h9-12,21-22,27-28H,5-8,13-20H2,1-4H3,(H,39,43)(H,40,44). The Labute approximate surface area is 290 Å². The van der Waals surface area contributed by atoms with Crippen molar-refractivity contribution in [1.82, 2.24) is 9.80 Å². The number of hydrogen-bond acceptors (Lipinski definition) is 10. The number of likely N-dealkylation sites (tertiary alicyclic amines) is 2. The van der Waals surface area contributed by atoms with E-state index in [4.69, 9.17) is 18.3 Å². The van der Waals surface area contributed by atoms with Gasteiger partial charge in [-0.05, 0) is 103 Å². The molecular weight excluding hydrogens is 640 g/mol. The Morgan fingerprint density at radius 3 is 1.44 bits per heavy atom. The van der Waals surface area contributed by atoms with Gasteiger partial charge in [-0.15, -0.1) is 0 Å². The topological polar surface area (TPSA) is 144 Å². The predicted molar refractivity (Wildman–Crippen MR) is 192 cm³/mol. The van der Waals surface area contributed by atoms with Gasteiger partial charge in [-0.3, -0.25) is 9.59 Å². The van der Waals surface area contributed by atoms with Crippen LogP contribution in [0.2, 0.25) is 0 Å². The summed E-state index contributed by atoms with van der Waals surface area (Å²) in [6, 6.07) is 10.6. The first kappa shape index (κ1) is 35.2. The Bertz CT molecular complexity index is 1840. The van der Waals surface area contributed by atoms with Gasteiger partial charge in [0, 0.05) is 60.9 Å². The lowest BCUT2D eigenvalue weighted by Crippen LogP contribution is -2.35. The summed E-state index contributed by atoms with van der Waals surface area (Å²) in [6.07, 6.45) is 4.99. The third-order valence-electron chi connectivity index (χ3n) is 9.73. The molecule has 2 aromatic heterocycles. The molecule has 2 aromatic carbocycles. The Morgan fingerprint density at radius 1 is 0.680 bits per heavy atom. The van der Waals surface area contributed by atoms with Crippen LogP contribution < -0.4 is 31.4 Å². The number of aryl methyl sites for hydroxylation is 2. The number of unbranched alkanes of at least 4 members (excludes halogenated alkanes) is 1. The minimum atomic E-state index is -0.643. The number of hydrogen-bond donors (Lipinski definition) is 2. The van der Waals surface area contributed by atoms with E-state index in [2.05, 4.69) is 34.5 Å². The quantitative estimate of drug-likeness (QED) is 0.151. The van der Waals surface area contributed by atoms with Crippen LogP contribution in [0.4, 0.5) is 11.4 Å². The highest BCUT2D eigenvalue weighted by Gasteiger charge is 2.22. The Hall–Kier alpha value is -4.68. The van der Waals surface area contributed by atoms with Gasteiger partial charge >= 0.3 is 11.3 Å². The van der Waals surface area contributed by atoms with Crippen molar-refractivity contribution in [3.63, 3.8) is 0 Å². The van der Waals surface area contributed by atoms with Crippen LogP contribution in [-0.4, -0.2) is 74.1 Å². The van der Waals surface area contributed by atoms with Crippen molar-refractivity contribution >= 4 is 45.1 Å². The summed E-state index contributed by atoms with van der Waals surface area (Å²) in [5, 5.41) is 6.65. The second-order valence-electron chi connectivity index (χ2n) is 13.7. The molecule has 50 heavy (non-hydrogen) atoms. The van der Waals surface area contributed by atoms with Gasteiger partial charge < -0.3 is 38.7 Å². The molecule has 6 rings (SSSR count). The number of piperidine rings is 2. The molecule has 0 spiro atoms. The van der Waals surface area contributed by atoms with Crippen molar-refractivity contribution in [2.24, 2.45) is 0 Å². The Kier molecular flexibility index (Phi) is 10.9. The number of rotatable bonds is 11. The zero-order valence-corrected chi connectivity index (χ0v) is 29.3. The number of carbonyl (C=O) groups excluding carboxylic acids is 2. The molecule has 2 fully saturated rings. The van der Waals surface area contributed by atoms with Crippen molar-refractivity contribution in [2.75, 3.05) is 50.9 Å². The lowest BCUT2D eigenvalue weighted by molar-refractivity contribution is -0.118. The molecule has 4 aromatic rings. The van der Waals surface area contributed by atoms with Gasteiger partial charge in [-0.1, -0.05) is 0 Å². The maximum absolute atomic E-state index is 12.8. The van der Waals surface area contributed by atoms with Crippen molar-refractivity contribution in [3.8, 4) is 11.5 Å². The first-order chi connectivity index (χ1) is 24.0. The summed E-state index contributed by atoms with van der Waals surface area (Å²) in [6.45, 7) is 7.62. The van der Waals surface area contributed by atoms with Gasteiger partial charge in [-0.25, -0.2) is 9.59 Å². The molecule has 0 bridgehead atoms. The van der Waals surface area contributed by atoms with Crippen molar-refractivity contribution in [2.45, 2.75) is 77.4 Å². The van der Waals surface area contributed by atoms with Gasteiger partial charge in [0.05, 0.1) is 0 Å². The third-order valence-corrected chi connectivity index (χ3v) is 9.73. The SMILES string of the molecule is Cc1c(OC2CCN(C)CC2)ccc2cc(NC(=O)CCCCC(=O)Nc3cc4ccc(OC5CCN(C)CC5)c(C)c4oc3=O)c(=O)oc12. The van der Waals surface area contributed by atoms with Crippen LogP contribution in [0.3, 0.4) is 0 Å². The number of amides is 2. The van der Waals surface area contributed by atoms with Gasteiger partial charge in [0.1, 0.15) is 46.2 Å². The van der Waals surface area contributed by atoms with Crippen LogP contribution in [0.15, 0.2) is 54.8 Å². The van der Waals surface area contributed by atoms with Crippen molar-refractivity contribution in [3.05, 3.63) is 68.4 Å². The normalized spacial score (nSPS) is 16.5. The fourth-order valence-corrected chi connectivity index (χ4v) is 6.60. The van der Waals surface area contributed by atoms with E-state index in [9.17, 15) is 19.2 Å². The molecule has 2 saturated heterocycles. The molecule has 0 atom stereocenters. The van der Waals surface area contributed by atoms with Crippen LogP contribution in [0.1, 0.15) is 62.5 Å². The predicted octanol–water partition coefficient (Wildman–Crippen LogP) is 5.60. The Balaban J connectivity index is 0.982. The first-order valence-electron chi connectivity index (χ1n) is 17.5. The molecule has 266 valence electrons. The van der Waals surface area contributed by atoms with Crippen LogP contribution in [-0.2, 0) is 9.59 Å². The number of nitrogens with one attached hydrogen (secondary N) is 2. The van der Waals surface area contributed by atoms with Gasteiger partial charge in [0.15, 0.2) is 0 Å². The Morgan fingerprint density at radius 2 is 1.06 bits per heavy atom.